The molecule has 0 saturated carbocycles. The summed E-state index contributed by atoms with van der Waals surface area (Å²) in [6.07, 6.45) is -0.393. The van der Waals surface area contributed by atoms with Crippen molar-refractivity contribution in [2.24, 2.45) is 11.8 Å². The second kappa shape index (κ2) is 19.1. The Balaban J connectivity index is 1.21. The van der Waals surface area contributed by atoms with Gasteiger partial charge in [0.15, 0.2) is 0 Å². The van der Waals surface area contributed by atoms with Crippen molar-refractivity contribution in [3.63, 3.8) is 0 Å². The number of anilines is 1. The van der Waals surface area contributed by atoms with Crippen molar-refractivity contribution in [2.75, 3.05) is 24.3 Å². The number of nitrogens with zero attached hydrogens (tertiary/aromatic N) is 2. The van der Waals surface area contributed by atoms with Gasteiger partial charge in [-0.15, -0.1) is 11.8 Å². The summed E-state index contributed by atoms with van der Waals surface area (Å²) < 4.78 is 48.0. The van der Waals surface area contributed by atoms with Gasteiger partial charge in [0.1, 0.15) is 23.9 Å². The number of nitrogens with one attached hydrogen (secondary N) is 2. The molecular weight excluding hydrogens is 742 g/mol. The summed E-state index contributed by atoms with van der Waals surface area (Å²) in [4.78, 5) is 58.9. The first-order valence-corrected chi connectivity index (χ1v) is 20.7. The van der Waals surface area contributed by atoms with E-state index in [0.29, 0.717) is 62.3 Å². The number of ether oxygens (including phenoxy) is 1. The molecule has 13 heteroatoms. The van der Waals surface area contributed by atoms with Crippen LogP contribution >= 0.6 is 11.8 Å². The summed E-state index contributed by atoms with van der Waals surface area (Å²) in [6.45, 7) is 0.493. The molecule has 0 aliphatic carbocycles. The fourth-order valence-electron chi connectivity index (χ4n) is 8.20. The Labute approximate surface area is 331 Å². The van der Waals surface area contributed by atoms with Gasteiger partial charge in [-0.3, -0.25) is 19.2 Å². The van der Waals surface area contributed by atoms with Gasteiger partial charge >= 0.3 is 6.18 Å². The van der Waals surface area contributed by atoms with Gasteiger partial charge in [-0.25, -0.2) is 0 Å². The number of alkyl halides is 3. The van der Waals surface area contributed by atoms with Crippen molar-refractivity contribution < 1.29 is 37.1 Å². The van der Waals surface area contributed by atoms with Crippen molar-refractivity contribution >= 4 is 41.1 Å². The maximum absolute atomic E-state index is 14.3. The third-order valence-corrected chi connectivity index (χ3v) is 12.5. The van der Waals surface area contributed by atoms with Gasteiger partial charge in [0.2, 0.25) is 23.6 Å². The van der Waals surface area contributed by atoms with Crippen LogP contribution in [0.15, 0.2) is 84.9 Å². The average Bonchev–Trinajstić information content (AvgIpc) is 3.48. The van der Waals surface area contributed by atoms with Crippen molar-refractivity contribution in [3.8, 4) is 5.75 Å². The predicted octanol–water partition coefficient (Wildman–Crippen LogP) is 7.09. The minimum absolute atomic E-state index is 0.153. The number of benzene rings is 3. The monoisotopic (exact) mass is 792 g/mol. The van der Waals surface area contributed by atoms with E-state index in [2.05, 4.69) is 10.6 Å². The molecule has 3 aliphatic rings. The lowest BCUT2D eigenvalue weighted by molar-refractivity contribution is -0.198. The molecule has 3 aliphatic heterocycles. The van der Waals surface area contributed by atoms with Gasteiger partial charge < -0.3 is 25.2 Å². The summed E-state index contributed by atoms with van der Waals surface area (Å²) in [5.41, 5.74) is 2.46. The maximum Gasteiger partial charge on any atom is 0.408 e. The van der Waals surface area contributed by atoms with Crippen molar-refractivity contribution in [1.82, 2.24) is 15.5 Å². The van der Waals surface area contributed by atoms with E-state index < -0.39 is 53.3 Å². The van der Waals surface area contributed by atoms with Crippen molar-refractivity contribution in [3.05, 3.63) is 96.1 Å². The number of amides is 4. The van der Waals surface area contributed by atoms with Crippen LogP contribution in [0.2, 0.25) is 0 Å². The van der Waals surface area contributed by atoms with E-state index in [1.165, 1.54) is 11.8 Å². The standard InChI is InChI=1S/C43H51F3N4O5S/c1-55-36-19-9-8-18-35(36)49-25-11-10-17-33(41(49)53)47-39(51)31(27-29-13-4-2-5-14-29)22-23-32(28-30-15-6-3-7-16-30)40(52)48-34-24-26-56-38-21-12-20-37(43(44,45)46)50(38)42(34)54/h2-9,13-16,18-19,31-34,37-38H,10-12,17,20-28H2,1H3,(H,47,51)(H,48,52)/t31?,32?,33?,34?,37?,38-/m0/s1. The van der Waals surface area contributed by atoms with Crippen molar-refractivity contribution in [2.45, 2.75) is 100 Å². The molecule has 9 nitrogen and oxygen atoms in total. The van der Waals surface area contributed by atoms with E-state index in [1.54, 1.807) is 18.1 Å². The van der Waals surface area contributed by atoms with Crippen LogP contribution in [0.1, 0.15) is 68.9 Å². The predicted molar refractivity (Wildman–Crippen MR) is 211 cm³/mol. The van der Waals surface area contributed by atoms with Gasteiger partial charge in [0, 0.05) is 18.4 Å². The highest BCUT2D eigenvalue weighted by Gasteiger charge is 2.51. The number of hydrogen-bond acceptors (Lipinski definition) is 6. The highest BCUT2D eigenvalue weighted by Crippen LogP contribution is 2.40. The first kappa shape index (κ1) is 41.1. The number of para-hydroxylation sites is 2. The molecule has 0 spiro atoms. The normalized spacial score (nSPS) is 22.9. The Bertz CT molecular complexity index is 1800. The number of carbonyl (C=O) groups is 4. The first-order valence-electron chi connectivity index (χ1n) is 19.7. The number of rotatable bonds is 13. The van der Waals surface area contributed by atoms with Gasteiger partial charge in [-0.2, -0.15) is 13.2 Å². The fraction of sp³-hybridized carbons (Fsp3) is 0.488. The number of thioether (sulfide) groups is 1. The fourth-order valence-corrected chi connectivity index (χ4v) is 9.59. The molecule has 2 N–H and O–H groups in total. The second-order valence-corrected chi connectivity index (χ2v) is 16.3. The van der Waals surface area contributed by atoms with E-state index >= 15 is 0 Å². The summed E-state index contributed by atoms with van der Waals surface area (Å²) in [7, 11) is 1.56. The van der Waals surface area contributed by atoms with Crippen LogP contribution in [0.3, 0.4) is 0 Å². The van der Waals surface area contributed by atoms with Crippen molar-refractivity contribution in [1.29, 1.82) is 0 Å². The van der Waals surface area contributed by atoms with E-state index in [0.717, 1.165) is 28.9 Å². The summed E-state index contributed by atoms with van der Waals surface area (Å²) in [5, 5.41) is 5.37. The molecule has 56 heavy (non-hydrogen) atoms. The van der Waals surface area contributed by atoms with Crippen LogP contribution in [-0.4, -0.2) is 77.6 Å². The first-order chi connectivity index (χ1) is 27.0. The van der Waals surface area contributed by atoms with Crippen LogP contribution in [-0.2, 0) is 32.0 Å². The minimum Gasteiger partial charge on any atom is -0.495 e. The Morgan fingerprint density at radius 3 is 1.91 bits per heavy atom. The molecule has 0 aromatic heterocycles. The molecule has 3 saturated heterocycles. The smallest absolute Gasteiger partial charge is 0.408 e. The third-order valence-electron chi connectivity index (χ3n) is 11.2. The summed E-state index contributed by atoms with van der Waals surface area (Å²) in [5.74, 6) is -1.89. The van der Waals surface area contributed by atoms with Crippen LogP contribution in [0, 0.1) is 11.8 Å². The lowest BCUT2D eigenvalue weighted by atomic mass is 9.86. The molecule has 6 rings (SSSR count). The number of halogens is 3. The zero-order valence-corrected chi connectivity index (χ0v) is 32.5. The minimum atomic E-state index is -4.56. The van der Waals surface area contributed by atoms with Crippen LogP contribution in [0.4, 0.5) is 18.9 Å². The van der Waals surface area contributed by atoms with E-state index in [-0.39, 0.29) is 31.1 Å². The van der Waals surface area contributed by atoms with E-state index in [4.69, 9.17) is 4.74 Å². The highest BCUT2D eigenvalue weighted by molar-refractivity contribution is 7.99. The van der Waals surface area contributed by atoms with Crippen LogP contribution in [0.25, 0.3) is 0 Å². The Morgan fingerprint density at radius 2 is 1.32 bits per heavy atom. The summed E-state index contributed by atoms with van der Waals surface area (Å²) in [6, 6.07) is 22.6. The number of piperidine rings is 1. The quantitative estimate of drug-likeness (QED) is 0.192. The second-order valence-electron chi connectivity index (χ2n) is 15.0. The largest absolute Gasteiger partial charge is 0.495 e. The lowest BCUT2D eigenvalue weighted by Gasteiger charge is -2.42. The Hall–Kier alpha value is -4.52. The lowest BCUT2D eigenvalue weighted by Crippen LogP contribution is -2.59. The topological polar surface area (TPSA) is 108 Å². The molecule has 6 atom stereocenters. The summed E-state index contributed by atoms with van der Waals surface area (Å²) >= 11 is 1.34. The molecule has 3 aromatic rings. The average molecular weight is 793 g/mol. The number of fused-ring (bicyclic) bond motifs is 1. The van der Waals surface area contributed by atoms with Gasteiger partial charge in [-0.1, -0.05) is 72.8 Å². The maximum atomic E-state index is 14.3. The van der Waals surface area contributed by atoms with Gasteiger partial charge in [0.05, 0.1) is 18.2 Å². The molecular formula is C43H51F3N4O5S. The molecule has 3 aromatic carbocycles. The van der Waals surface area contributed by atoms with Gasteiger partial charge in [-0.05, 0) is 99.6 Å². The molecule has 0 radical (unpaired) electrons. The zero-order chi connectivity index (χ0) is 39.7. The van der Waals surface area contributed by atoms with Gasteiger partial charge in [0.25, 0.3) is 0 Å². The highest BCUT2D eigenvalue weighted by atomic mass is 32.2. The molecule has 3 heterocycles. The SMILES string of the molecule is COc1ccccc1N1CCCCC(NC(=O)C(CCC(Cc2ccccc2)C(=O)NC2CCS[C@H]3CCCC(C(F)(F)F)N3C2=O)Cc2ccccc2)C1=O. The van der Waals surface area contributed by atoms with E-state index in [1.807, 2.05) is 78.9 Å². The molecule has 4 amide bonds. The molecule has 0 bridgehead atoms. The van der Waals surface area contributed by atoms with Crippen LogP contribution < -0.4 is 20.3 Å². The van der Waals surface area contributed by atoms with Crippen LogP contribution in [0.5, 0.6) is 5.75 Å². The zero-order valence-electron chi connectivity index (χ0n) is 31.7. The van der Waals surface area contributed by atoms with E-state index in [9.17, 15) is 32.3 Å². The molecule has 300 valence electrons. The Kier molecular flexibility index (Phi) is 14.0. The number of methoxy groups -OCH3 is 1. The Morgan fingerprint density at radius 1 is 0.750 bits per heavy atom. The number of carbonyl (C=O) groups excluding carboxylic acids is 4. The molecule has 3 fully saturated rings. The number of hydrogen-bond donors (Lipinski definition) is 2. The molecule has 5 unspecified atom stereocenters. The third kappa shape index (κ3) is 10.3.